The van der Waals surface area contributed by atoms with Crippen LogP contribution in [0.25, 0.3) is 0 Å². The molecular formula is C33H44N2O3. The van der Waals surface area contributed by atoms with E-state index in [-0.39, 0.29) is 0 Å². The van der Waals surface area contributed by atoms with Crippen LogP contribution in [0.1, 0.15) is 61.8 Å². The summed E-state index contributed by atoms with van der Waals surface area (Å²) in [5.74, 6) is 3.32. The van der Waals surface area contributed by atoms with Gasteiger partial charge in [-0.3, -0.25) is 0 Å². The van der Waals surface area contributed by atoms with Crippen molar-refractivity contribution in [3.05, 3.63) is 82.9 Å². The van der Waals surface area contributed by atoms with Gasteiger partial charge in [-0.25, -0.2) is 0 Å². The van der Waals surface area contributed by atoms with Crippen molar-refractivity contribution in [1.29, 1.82) is 0 Å². The minimum Gasteiger partial charge on any atom is -0.508 e. The van der Waals surface area contributed by atoms with Crippen LogP contribution >= 0.6 is 0 Å². The Bertz CT molecular complexity index is 1160. The van der Waals surface area contributed by atoms with Crippen molar-refractivity contribution in [2.45, 2.75) is 58.9 Å². The lowest BCUT2D eigenvalue weighted by Crippen LogP contribution is -2.25. The Labute approximate surface area is 228 Å². The molecule has 1 atom stereocenters. The van der Waals surface area contributed by atoms with Crippen LogP contribution in [0.3, 0.4) is 0 Å². The molecule has 0 saturated heterocycles. The summed E-state index contributed by atoms with van der Waals surface area (Å²) in [4.78, 5) is 2.44. The molecule has 0 bridgehead atoms. The summed E-state index contributed by atoms with van der Waals surface area (Å²) in [6.07, 6.45) is 4.24. The van der Waals surface area contributed by atoms with Crippen molar-refractivity contribution in [1.82, 2.24) is 5.32 Å². The lowest BCUT2D eigenvalue weighted by atomic mass is 9.79. The molecule has 2 N–H and O–H groups in total. The second-order valence-corrected chi connectivity index (χ2v) is 10.8. The molecule has 0 radical (unpaired) electrons. The van der Waals surface area contributed by atoms with Gasteiger partial charge >= 0.3 is 0 Å². The van der Waals surface area contributed by atoms with Gasteiger partial charge in [0.05, 0.1) is 7.11 Å². The molecule has 0 aromatic heterocycles. The predicted molar refractivity (Wildman–Crippen MR) is 157 cm³/mol. The van der Waals surface area contributed by atoms with Gasteiger partial charge in [0.15, 0.2) is 0 Å². The third-order valence-electron chi connectivity index (χ3n) is 7.56. The maximum Gasteiger partial charge on any atom is 0.120 e. The summed E-state index contributed by atoms with van der Waals surface area (Å²) >= 11 is 0. The number of aryl methyl sites for hydroxylation is 1. The van der Waals surface area contributed by atoms with Gasteiger partial charge in [0.1, 0.15) is 23.9 Å². The number of aromatic hydroxyl groups is 1. The fourth-order valence-electron chi connectivity index (χ4n) is 5.31. The summed E-state index contributed by atoms with van der Waals surface area (Å²) < 4.78 is 11.6. The largest absolute Gasteiger partial charge is 0.508 e. The average molecular weight is 517 g/mol. The van der Waals surface area contributed by atoms with Crippen LogP contribution in [-0.2, 0) is 19.4 Å². The third kappa shape index (κ3) is 7.44. The zero-order valence-electron chi connectivity index (χ0n) is 23.5. The normalized spacial score (nSPS) is 14.8. The van der Waals surface area contributed by atoms with Crippen LogP contribution < -0.4 is 19.7 Å². The average Bonchev–Trinajstić information content (AvgIpc) is 2.93. The van der Waals surface area contributed by atoms with Crippen LogP contribution in [0.15, 0.2) is 60.7 Å². The van der Waals surface area contributed by atoms with Crippen molar-refractivity contribution >= 4 is 5.69 Å². The highest BCUT2D eigenvalue weighted by Crippen LogP contribution is 2.40. The Balaban J connectivity index is 1.43. The molecule has 1 aliphatic carbocycles. The number of phenolic OH excluding ortho intramolecular Hbond substituents is 1. The lowest BCUT2D eigenvalue weighted by molar-refractivity contribution is 0.312. The minimum atomic E-state index is 0.360. The molecule has 1 aliphatic rings. The van der Waals surface area contributed by atoms with E-state index in [1.165, 1.54) is 34.4 Å². The molecule has 0 aliphatic heterocycles. The standard InChI is InChI=1S/C33H44N2O3/c1-5-35(23-25-6-12-30(13-7-25)38-19-18-34-17-16-24(2)3)33-22-31(37-4)14-15-32(33)28-9-8-27-21-29(36)11-10-26(27)20-28/h6-7,10-15,21-22,24,28,34,36H,5,8-9,16-20,23H2,1-4H3. The highest BCUT2D eigenvalue weighted by Gasteiger charge is 2.24. The number of nitrogens with zero attached hydrogens (tertiary/aromatic N) is 1. The number of phenols is 1. The molecule has 38 heavy (non-hydrogen) atoms. The van der Waals surface area contributed by atoms with Gasteiger partial charge in [0.25, 0.3) is 0 Å². The van der Waals surface area contributed by atoms with E-state index in [0.29, 0.717) is 18.3 Å². The Hall–Kier alpha value is -3.18. The fourth-order valence-corrected chi connectivity index (χ4v) is 5.31. The molecule has 204 valence electrons. The second-order valence-electron chi connectivity index (χ2n) is 10.8. The summed E-state index contributed by atoms with van der Waals surface area (Å²) in [7, 11) is 1.73. The van der Waals surface area contributed by atoms with Crippen molar-refractivity contribution < 1.29 is 14.6 Å². The fraction of sp³-hybridized carbons (Fsp3) is 0.455. The van der Waals surface area contributed by atoms with Gasteiger partial charge in [-0.2, -0.15) is 0 Å². The molecule has 0 amide bonds. The van der Waals surface area contributed by atoms with Crippen molar-refractivity contribution in [3.8, 4) is 17.2 Å². The maximum atomic E-state index is 9.89. The summed E-state index contributed by atoms with van der Waals surface area (Å²) in [6, 6.07) is 20.9. The third-order valence-corrected chi connectivity index (χ3v) is 7.56. The molecule has 1 unspecified atom stereocenters. The van der Waals surface area contributed by atoms with Crippen LogP contribution in [0, 0.1) is 5.92 Å². The number of hydrogen-bond donors (Lipinski definition) is 2. The molecule has 5 nitrogen and oxygen atoms in total. The quantitative estimate of drug-likeness (QED) is 0.247. The van der Waals surface area contributed by atoms with E-state index >= 15 is 0 Å². The minimum absolute atomic E-state index is 0.360. The van der Waals surface area contributed by atoms with Crippen molar-refractivity contribution in [3.63, 3.8) is 0 Å². The number of anilines is 1. The zero-order chi connectivity index (χ0) is 26.9. The molecule has 0 spiro atoms. The number of nitrogens with one attached hydrogen (secondary N) is 1. The van der Waals surface area contributed by atoms with E-state index in [4.69, 9.17) is 9.47 Å². The summed E-state index contributed by atoms with van der Waals surface area (Å²) in [5, 5.41) is 13.3. The molecule has 3 aromatic carbocycles. The number of methoxy groups -OCH3 is 1. The Morgan fingerprint density at radius 3 is 2.50 bits per heavy atom. The Morgan fingerprint density at radius 2 is 1.76 bits per heavy atom. The SMILES string of the molecule is CCN(Cc1ccc(OCCNCCC(C)C)cc1)c1cc(OC)ccc1C1CCc2cc(O)ccc2C1. The number of hydrogen-bond acceptors (Lipinski definition) is 5. The first kappa shape index (κ1) is 27.8. The predicted octanol–water partition coefficient (Wildman–Crippen LogP) is 6.71. The number of ether oxygens (including phenoxy) is 2. The van der Waals surface area contributed by atoms with Gasteiger partial charge in [0.2, 0.25) is 0 Å². The molecule has 5 heteroatoms. The van der Waals surface area contributed by atoms with Gasteiger partial charge in [0, 0.05) is 31.4 Å². The van der Waals surface area contributed by atoms with Crippen LogP contribution in [0.5, 0.6) is 17.2 Å². The molecule has 0 heterocycles. The first-order valence-electron chi connectivity index (χ1n) is 14.1. The maximum absolute atomic E-state index is 9.89. The number of fused-ring (bicyclic) bond motifs is 1. The van der Waals surface area contributed by atoms with E-state index in [2.05, 4.69) is 79.5 Å². The molecule has 3 aromatic rings. The Morgan fingerprint density at radius 1 is 0.974 bits per heavy atom. The van der Waals surface area contributed by atoms with Gasteiger partial charge in [-0.05, 0) is 104 Å². The highest BCUT2D eigenvalue weighted by atomic mass is 16.5. The summed E-state index contributed by atoms with van der Waals surface area (Å²) in [5.41, 5.74) is 6.49. The topological polar surface area (TPSA) is 54.0 Å². The number of benzene rings is 3. The van der Waals surface area contributed by atoms with E-state index in [0.717, 1.165) is 62.9 Å². The van der Waals surface area contributed by atoms with Crippen LogP contribution in [0.2, 0.25) is 0 Å². The van der Waals surface area contributed by atoms with Crippen molar-refractivity contribution in [2.24, 2.45) is 5.92 Å². The summed E-state index contributed by atoms with van der Waals surface area (Å²) in [6.45, 7) is 11.0. The van der Waals surface area contributed by atoms with Crippen LogP contribution in [0.4, 0.5) is 5.69 Å². The first-order chi connectivity index (χ1) is 18.5. The molecule has 0 saturated carbocycles. The van der Waals surface area contributed by atoms with E-state index in [9.17, 15) is 5.11 Å². The molecule has 0 fully saturated rings. The van der Waals surface area contributed by atoms with Crippen molar-refractivity contribution in [2.75, 3.05) is 38.3 Å². The molecule has 4 rings (SSSR count). The Kier molecular flexibility index (Phi) is 9.94. The van der Waals surface area contributed by atoms with Crippen LogP contribution in [-0.4, -0.2) is 38.5 Å². The van der Waals surface area contributed by atoms with Gasteiger partial charge < -0.3 is 24.8 Å². The number of rotatable bonds is 13. The monoisotopic (exact) mass is 516 g/mol. The zero-order valence-corrected chi connectivity index (χ0v) is 23.5. The molecular weight excluding hydrogens is 472 g/mol. The highest BCUT2D eigenvalue weighted by molar-refractivity contribution is 5.60. The smallest absolute Gasteiger partial charge is 0.120 e. The lowest BCUT2D eigenvalue weighted by Gasteiger charge is -2.32. The van der Waals surface area contributed by atoms with E-state index in [1.807, 2.05) is 12.1 Å². The first-order valence-corrected chi connectivity index (χ1v) is 14.1. The van der Waals surface area contributed by atoms with E-state index < -0.39 is 0 Å². The van der Waals surface area contributed by atoms with Gasteiger partial charge in [-0.15, -0.1) is 0 Å². The van der Waals surface area contributed by atoms with Gasteiger partial charge in [-0.1, -0.05) is 38.1 Å². The van der Waals surface area contributed by atoms with E-state index in [1.54, 1.807) is 7.11 Å². The second kappa shape index (κ2) is 13.6.